The van der Waals surface area contributed by atoms with Crippen LogP contribution in [0.15, 0.2) is 102 Å². The van der Waals surface area contributed by atoms with Gasteiger partial charge < -0.3 is 30.6 Å². The van der Waals surface area contributed by atoms with Crippen molar-refractivity contribution in [3.05, 3.63) is 102 Å². The molecule has 0 aromatic heterocycles. The Hall–Kier alpha value is -2.60. The fraction of sp³-hybridized carbons (Fsp3) is 0.200. The number of hydrogen-bond donors (Lipinski definition) is 4. The summed E-state index contributed by atoms with van der Waals surface area (Å²) in [7, 11) is -5.91. The average Bonchev–Trinajstić information content (AvgIpc) is 2.86. The molecule has 10 heteroatoms. The van der Waals surface area contributed by atoms with Crippen LogP contribution in [0.1, 0.15) is 14.9 Å². The number of halogens is 1. The summed E-state index contributed by atoms with van der Waals surface area (Å²) in [4.78, 5) is 0. The van der Waals surface area contributed by atoms with Crippen molar-refractivity contribution < 1.29 is 19.2 Å². The number of hydrogen-bond acceptors (Lipinski definition) is 6. The van der Waals surface area contributed by atoms with Crippen LogP contribution in [-0.2, 0) is 9.13 Å². The summed E-state index contributed by atoms with van der Waals surface area (Å²) in [5, 5.41) is 18.7. The van der Waals surface area contributed by atoms with Gasteiger partial charge in [0.15, 0.2) is 0 Å². The maximum Gasteiger partial charge on any atom is 0.488 e. The molecule has 0 saturated heterocycles. The van der Waals surface area contributed by atoms with E-state index in [-0.39, 0.29) is 14.9 Å². The van der Waals surface area contributed by atoms with Gasteiger partial charge in [-0.25, -0.2) is 0 Å². The van der Waals surface area contributed by atoms with E-state index in [9.17, 15) is 9.13 Å². The molecule has 4 aromatic rings. The molecule has 0 aliphatic heterocycles. The molecule has 0 atom stereocenters. The highest BCUT2D eigenvalue weighted by Gasteiger charge is 2.16. The van der Waals surface area contributed by atoms with Crippen molar-refractivity contribution in [1.82, 2.24) is 0 Å². The second-order valence-corrected chi connectivity index (χ2v) is 16.6. The molecule has 6 nitrogen and oxygen atoms in total. The topological polar surface area (TPSA) is 127 Å². The van der Waals surface area contributed by atoms with Gasteiger partial charge in [-0.2, -0.15) is 0 Å². The Bertz CT molecular complexity index is 1430. The van der Waals surface area contributed by atoms with E-state index in [0.29, 0.717) is 16.8 Å². The number of nitrogens with two attached hydrogens (primary N) is 2. The summed E-state index contributed by atoms with van der Waals surface area (Å²) in [5.74, 6) is 0. The third-order valence-electron chi connectivity index (χ3n) is 5.39. The average molecular weight is 647 g/mol. The van der Waals surface area contributed by atoms with Gasteiger partial charge in [-0.1, -0.05) is 97.5 Å². The molecule has 0 heterocycles. The Balaban J connectivity index is 0.000000586. The lowest BCUT2D eigenvalue weighted by molar-refractivity contribution is 0.426. The minimum absolute atomic E-state index is 0. The minimum atomic E-state index is -2.33. The first-order valence-electron chi connectivity index (χ1n) is 11.7. The van der Waals surface area contributed by atoms with Crippen LogP contribution in [0.4, 0.5) is 11.4 Å². The van der Waals surface area contributed by atoms with E-state index in [1.807, 2.05) is 66.7 Å². The zero-order valence-electron chi connectivity index (χ0n) is 22.0. The monoisotopic (exact) mass is 646 g/mol. The third kappa shape index (κ3) is 11.9. The molecule has 0 fully saturated rings. The number of rotatable bonds is 4. The van der Waals surface area contributed by atoms with Gasteiger partial charge >= 0.3 is 7.12 Å². The Morgan fingerprint density at radius 1 is 0.625 bits per heavy atom. The number of nitrogen functional groups attached to an aromatic ring is 2. The molecule has 0 aliphatic rings. The second kappa shape index (κ2) is 16.6. The van der Waals surface area contributed by atoms with Gasteiger partial charge in [0.1, 0.15) is 14.3 Å². The number of anilines is 2. The molecular formula is C30H42BBrN2O4P2. The van der Waals surface area contributed by atoms with Crippen molar-refractivity contribution in [2.24, 2.45) is 0 Å². The lowest BCUT2D eigenvalue weighted by atomic mass is 9.81. The standard InChI is InChI=1S/C14H16NOP.C8H11BrNOP.C6H7BO2.2CH4/c1-17(2,16)14-10-12(8-9-13(14)15)11-6-4-3-5-7-11;1-12(2,11)8-5-6(9)3-4-7(8)10;8-7(9)6-4-2-1-3-5-6;;/h3-10H,15H2,1-2H3;3-5H,10H2,1-2H3;1-5,8-9H;2*1H4. The van der Waals surface area contributed by atoms with Crippen molar-refractivity contribution in [3.8, 4) is 11.1 Å². The van der Waals surface area contributed by atoms with Crippen molar-refractivity contribution in [1.29, 1.82) is 0 Å². The van der Waals surface area contributed by atoms with Gasteiger partial charge in [-0.05, 0) is 73.6 Å². The molecule has 216 valence electrons. The van der Waals surface area contributed by atoms with Crippen molar-refractivity contribution in [2.45, 2.75) is 14.9 Å². The van der Waals surface area contributed by atoms with Gasteiger partial charge in [0.2, 0.25) is 0 Å². The third-order valence-corrected chi connectivity index (χ3v) is 8.98. The van der Waals surface area contributed by atoms with Crippen molar-refractivity contribution in [3.63, 3.8) is 0 Å². The van der Waals surface area contributed by atoms with Gasteiger partial charge in [-0.15, -0.1) is 0 Å². The predicted octanol–water partition coefficient (Wildman–Crippen LogP) is 6.10. The predicted molar refractivity (Wildman–Crippen MR) is 183 cm³/mol. The SMILES string of the molecule is C.C.CP(C)(=O)c1cc(-c2ccccc2)ccc1N.CP(C)(=O)c1cc(Br)ccc1N.OB(O)c1ccccc1. The van der Waals surface area contributed by atoms with Crippen LogP contribution in [0, 0.1) is 0 Å². The normalized spacial score (nSPS) is 10.4. The lowest BCUT2D eigenvalue weighted by Crippen LogP contribution is -2.29. The maximum atomic E-state index is 12.1. The molecule has 0 aliphatic carbocycles. The van der Waals surface area contributed by atoms with E-state index < -0.39 is 21.4 Å². The molecule has 0 spiro atoms. The van der Waals surface area contributed by atoms with Gasteiger partial charge in [0, 0.05) is 26.5 Å². The lowest BCUT2D eigenvalue weighted by Gasteiger charge is -2.12. The minimum Gasteiger partial charge on any atom is -0.423 e. The summed E-state index contributed by atoms with van der Waals surface area (Å²) in [6, 6.07) is 29.8. The first kappa shape index (κ1) is 37.4. The first-order valence-corrected chi connectivity index (χ1v) is 17.7. The fourth-order valence-electron chi connectivity index (χ4n) is 3.43. The van der Waals surface area contributed by atoms with E-state index in [2.05, 4.69) is 15.9 Å². The van der Waals surface area contributed by atoms with Crippen LogP contribution < -0.4 is 27.5 Å². The first-order chi connectivity index (χ1) is 17.7. The Labute approximate surface area is 248 Å². The maximum absolute atomic E-state index is 12.1. The summed E-state index contributed by atoms with van der Waals surface area (Å²) in [6.45, 7) is 6.91. The molecule has 4 aromatic carbocycles. The molecule has 6 N–H and O–H groups in total. The Morgan fingerprint density at radius 3 is 1.45 bits per heavy atom. The molecule has 0 amide bonds. The van der Waals surface area contributed by atoms with Crippen LogP contribution in [0.2, 0.25) is 0 Å². The van der Waals surface area contributed by atoms with Crippen LogP contribution in [0.25, 0.3) is 11.1 Å². The molecule has 0 bridgehead atoms. The van der Waals surface area contributed by atoms with Crippen LogP contribution in [0.3, 0.4) is 0 Å². The molecule has 4 rings (SSSR count). The molecular weight excluding hydrogens is 605 g/mol. The Kier molecular flexibility index (Phi) is 15.5. The highest BCUT2D eigenvalue weighted by molar-refractivity contribution is 9.10. The summed E-state index contributed by atoms with van der Waals surface area (Å²) < 4.78 is 24.7. The second-order valence-electron chi connectivity index (χ2n) is 9.33. The van der Waals surface area contributed by atoms with Crippen molar-refractivity contribution in [2.75, 3.05) is 38.1 Å². The van der Waals surface area contributed by atoms with Crippen LogP contribution >= 0.6 is 30.2 Å². The molecule has 0 saturated carbocycles. The van der Waals surface area contributed by atoms with Gasteiger partial charge in [0.25, 0.3) is 0 Å². The van der Waals surface area contributed by atoms with Gasteiger partial charge in [0.05, 0.1) is 0 Å². The highest BCUT2D eigenvalue weighted by atomic mass is 79.9. The zero-order chi connectivity index (χ0) is 28.5. The summed E-state index contributed by atoms with van der Waals surface area (Å²) >= 11 is 3.31. The van der Waals surface area contributed by atoms with Crippen molar-refractivity contribution >= 4 is 64.8 Å². The van der Waals surface area contributed by atoms with E-state index >= 15 is 0 Å². The van der Waals surface area contributed by atoms with Gasteiger partial charge in [-0.3, -0.25) is 0 Å². The summed E-state index contributed by atoms with van der Waals surface area (Å²) in [5.41, 5.74) is 15.5. The smallest absolute Gasteiger partial charge is 0.423 e. The summed E-state index contributed by atoms with van der Waals surface area (Å²) in [6.07, 6.45) is 0. The van der Waals surface area contributed by atoms with E-state index in [4.69, 9.17) is 21.5 Å². The quantitative estimate of drug-likeness (QED) is 0.121. The zero-order valence-corrected chi connectivity index (χ0v) is 25.3. The molecule has 40 heavy (non-hydrogen) atoms. The van der Waals surface area contributed by atoms with Crippen LogP contribution in [0.5, 0.6) is 0 Å². The fourth-order valence-corrected chi connectivity index (χ4v) is 6.26. The molecule has 0 radical (unpaired) electrons. The van der Waals surface area contributed by atoms with Crippen LogP contribution in [-0.4, -0.2) is 43.8 Å². The highest BCUT2D eigenvalue weighted by Crippen LogP contribution is 2.38. The number of benzene rings is 4. The van der Waals surface area contributed by atoms with E-state index in [1.165, 1.54) is 0 Å². The Morgan fingerprint density at radius 2 is 1.05 bits per heavy atom. The largest absolute Gasteiger partial charge is 0.488 e. The van der Waals surface area contributed by atoms with E-state index in [0.717, 1.165) is 26.2 Å². The molecule has 0 unspecified atom stereocenters. The van der Waals surface area contributed by atoms with E-state index in [1.54, 1.807) is 57.0 Å².